The molecule has 3 nitrogen and oxygen atoms in total. The van der Waals surface area contributed by atoms with Crippen molar-refractivity contribution in [3.05, 3.63) is 54.1 Å². The molecule has 23 heavy (non-hydrogen) atoms. The highest BCUT2D eigenvalue weighted by Crippen LogP contribution is 2.31. The average molecular weight is 346 g/mol. The lowest BCUT2D eigenvalue weighted by atomic mass is 10.2. The van der Waals surface area contributed by atoms with Crippen LogP contribution < -0.4 is 10.1 Å². The summed E-state index contributed by atoms with van der Waals surface area (Å²) in [6, 6.07) is 11.3. The minimum Gasteiger partial charge on any atom is -0.457 e. The molecule has 0 heterocycles. The van der Waals surface area contributed by atoms with Crippen molar-refractivity contribution in [2.24, 2.45) is 0 Å². The van der Waals surface area contributed by atoms with Gasteiger partial charge >= 0.3 is 6.18 Å². The van der Waals surface area contributed by atoms with E-state index < -0.39 is 17.8 Å². The van der Waals surface area contributed by atoms with E-state index in [2.05, 4.69) is 5.32 Å². The molecule has 0 aromatic heterocycles. The van der Waals surface area contributed by atoms with Gasteiger partial charge in [0.2, 0.25) is 0 Å². The first-order chi connectivity index (χ1) is 10.9. The van der Waals surface area contributed by atoms with E-state index in [0.717, 1.165) is 17.8 Å². The van der Waals surface area contributed by atoms with Gasteiger partial charge in [-0.2, -0.15) is 13.2 Å². The molecule has 0 aliphatic carbocycles. The van der Waals surface area contributed by atoms with Gasteiger partial charge in [0.1, 0.15) is 11.5 Å². The van der Waals surface area contributed by atoms with Gasteiger partial charge in [0.15, 0.2) is 0 Å². The summed E-state index contributed by atoms with van der Waals surface area (Å²) in [4.78, 5) is 0. The molecule has 1 unspecified atom stereocenters. The molecule has 0 aliphatic rings. The molecule has 0 radical (unpaired) electrons. The van der Waals surface area contributed by atoms with Gasteiger partial charge in [0.25, 0.3) is 0 Å². The molecule has 2 N–H and O–H groups in total. The van der Waals surface area contributed by atoms with Crippen LogP contribution in [0.5, 0.6) is 11.5 Å². The van der Waals surface area contributed by atoms with Crippen molar-refractivity contribution in [1.29, 1.82) is 0 Å². The standard InChI is InChI=1S/C16H15ClF3NO2/c17-9-13(22)10-21-12-3-7-15(8-4-12)23-14-5-1-11(2-6-14)16(18,19)20/h1-8,13,21-22H,9-10H2. The van der Waals surface area contributed by atoms with E-state index in [1.54, 1.807) is 24.3 Å². The zero-order valence-corrected chi connectivity index (χ0v) is 12.7. The third kappa shape index (κ3) is 5.33. The molecule has 0 amide bonds. The summed E-state index contributed by atoms with van der Waals surface area (Å²) in [6.45, 7) is 0.322. The van der Waals surface area contributed by atoms with E-state index in [1.807, 2.05) is 0 Å². The van der Waals surface area contributed by atoms with Gasteiger partial charge in [-0.25, -0.2) is 0 Å². The minimum absolute atomic E-state index is 0.141. The fourth-order valence-corrected chi connectivity index (χ4v) is 1.89. The summed E-state index contributed by atoms with van der Waals surface area (Å²) >= 11 is 5.49. The first kappa shape index (κ1) is 17.4. The predicted octanol–water partition coefficient (Wildman–Crippen LogP) is 4.51. The molecular weight excluding hydrogens is 331 g/mol. The average Bonchev–Trinajstić information content (AvgIpc) is 2.53. The second kappa shape index (κ2) is 7.57. The van der Waals surface area contributed by atoms with Gasteiger partial charge in [-0.15, -0.1) is 11.6 Å². The van der Waals surface area contributed by atoms with Crippen LogP contribution in [0.3, 0.4) is 0 Å². The quantitative estimate of drug-likeness (QED) is 0.757. The molecule has 124 valence electrons. The summed E-state index contributed by atoms with van der Waals surface area (Å²) in [5.74, 6) is 0.951. The Bertz CT molecular complexity index is 615. The highest BCUT2D eigenvalue weighted by molar-refractivity contribution is 6.18. The molecule has 1 atom stereocenters. The summed E-state index contributed by atoms with van der Waals surface area (Å²) in [5, 5.41) is 12.3. The van der Waals surface area contributed by atoms with Crippen LogP contribution in [0.25, 0.3) is 0 Å². The highest BCUT2D eigenvalue weighted by Gasteiger charge is 2.30. The number of hydrogen-bond donors (Lipinski definition) is 2. The van der Waals surface area contributed by atoms with Crippen LogP contribution in [0.4, 0.5) is 18.9 Å². The van der Waals surface area contributed by atoms with E-state index in [0.29, 0.717) is 18.0 Å². The maximum Gasteiger partial charge on any atom is 0.416 e. The Morgan fingerprint density at radius 1 is 1.00 bits per heavy atom. The molecule has 0 aliphatic heterocycles. The number of aliphatic hydroxyl groups excluding tert-OH is 1. The Kier molecular flexibility index (Phi) is 5.74. The monoisotopic (exact) mass is 345 g/mol. The second-order valence-corrected chi connectivity index (χ2v) is 5.15. The molecule has 2 rings (SSSR count). The van der Waals surface area contributed by atoms with E-state index in [4.69, 9.17) is 16.3 Å². The van der Waals surface area contributed by atoms with Crippen LogP contribution >= 0.6 is 11.6 Å². The second-order valence-electron chi connectivity index (χ2n) is 4.84. The molecule has 2 aromatic carbocycles. The zero-order valence-electron chi connectivity index (χ0n) is 12.0. The number of halogens is 4. The summed E-state index contributed by atoms with van der Waals surface area (Å²) in [6.07, 6.45) is -5.00. The molecule has 0 spiro atoms. The fourth-order valence-electron chi connectivity index (χ4n) is 1.78. The van der Waals surface area contributed by atoms with Gasteiger partial charge in [-0.05, 0) is 48.5 Å². The number of nitrogens with one attached hydrogen (secondary N) is 1. The largest absolute Gasteiger partial charge is 0.457 e. The lowest BCUT2D eigenvalue weighted by molar-refractivity contribution is -0.137. The van der Waals surface area contributed by atoms with Crippen LogP contribution in [-0.2, 0) is 6.18 Å². The van der Waals surface area contributed by atoms with Gasteiger partial charge < -0.3 is 15.2 Å². The van der Waals surface area contributed by atoms with Gasteiger partial charge in [0, 0.05) is 12.2 Å². The fraction of sp³-hybridized carbons (Fsp3) is 0.250. The molecule has 0 fully saturated rings. The van der Waals surface area contributed by atoms with Crippen molar-refractivity contribution in [3.63, 3.8) is 0 Å². The number of hydrogen-bond acceptors (Lipinski definition) is 3. The highest BCUT2D eigenvalue weighted by atomic mass is 35.5. The SMILES string of the molecule is OC(CCl)CNc1ccc(Oc2ccc(C(F)(F)F)cc2)cc1. The van der Waals surface area contributed by atoms with Crippen LogP contribution in [0.15, 0.2) is 48.5 Å². The predicted molar refractivity (Wildman–Crippen MR) is 83.2 cm³/mol. The van der Waals surface area contributed by atoms with E-state index in [-0.39, 0.29) is 5.88 Å². The summed E-state index contributed by atoms with van der Waals surface area (Å²) in [5.41, 5.74) is 0.0520. The summed E-state index contributed by atoms with van der Waals surface area (Å²) in [7, 11) is 0. The normalized spacial score (nSPS) is 12.7. The van der Waals surface area contributed by atoms with Crippen molar-refractivity contribution >= 4 is 17.3 Å². The minimum atomic E-state index is -4.36. The van der Waals surface area contributed by atoms with Gasteiger partial charge in [-0.3, -0.25) is 0 Å². The number of aliphatic hydroxyl groups is 1. The van der Waals surface area contributed by atoms with Crippen LogP contribution in [0, 0.1) is 0 Å². The number of rotatable bonds is 6. The Morgan fingerprint density at radius 3 is 2.00 bits per heavy atom. The van der Waals surface area contributed by atoms with E-state index in [9.17, 15) is 18.3 Å². The van der Waals surface area contributed by atoms with E-state index in [1.165, 1.54) is 12.1 Å². The lowest BCUT2D eigenvalue weighted by Gasteiger charge is -2.11. The maximum absolute atomic E-state index is 12.5. The Labute approximate surface area is 136 Å². The van der Waals surface area contributed by atoms with Crippen LogP contribution in [0.1, 0.15) is 5.56 Å². The maximum atomic E-state index is 12.5. The molecular formula is C16H15ClF3NO2. The van der Waals surface area contributed by atoms with Crippen molar-refractivity contribution in [3.8, 4) is 11.5 Å². The lowest BCUT2D eigenvalue weighted by Crippen LogP contribution is -2.20. The number of ether oxygens (including phenoxy) is 1. The Morgan fingerprint density at radius 2 is 1.52 bits per heavy atom. The molecule has 0 saturated carbocycles. The smallest absolute Gasteiger partial charge is 0.416 e. The Hall–Kier alpha value is -1.92. The van der Waals surface area contributed by atoms with Crippen molar-refractivity contribution < 1.29 is 23.0 Å². The van der Waals surface area contributed by atoms with Crippen molar-refractivity contribution in [2.45, 2.75) is 12.3 Å². The Balaban J connectivity index is 1.95. The van der Waals surface area contributed by atoms with Crippen LogP contribution in [-0.4, -0.2) is 23.6 Å². The van der Waals surface area contributed by atoms with Gasteiger partial charge in [0.05, 0.1) is 17.5 Å². The first-order valence-corrected chi connectivity index (χ1v) is 7.35. The molecule has 2 aromatic rings. The first-order valence-electron chi connectivity index (χ1n) is 6.81. The number of benzene rings is 2. The third-order valence-corrected chi connectivity index (χ3v) is 3.35. The van der Waals surface area contributed by atoms with Crippen molar-refractivity contribution in [2.75, 3.05) is 17.7 Å². The van der Waals surface area contributed by atoms with Crippen LogP contribution in [0.2, 0.25) is 0 Å². The van der Waals surface area contributed by atoms with E-state index >= 15 is 0 Å². The van der Waals surface area contributed by atoms with Gasteiger partial charge in [-0.1, -0.05) is 0 Å². The number of anilines is 1. The zero-order chi connectivity index (χ0) is 16.9. The molecule has 0 bridgehead atoms. The van der Waals surface area contributed by atoms with Crippen molar-refractivity contribution in [1.82, 2.24) is 0 Å². The molecule has 0 saturated heterocycles. The topological polar surface area (TPSA) is 41.5 Å². The number of alkyl halides is 4. The molecule has 7 heteroatoms. The third-order valence-electron chi connectivity index (χ3n) is 2.99. The summed E-state index contributed by atoms with van der Waals surface area (Å²) < 4.78 is 42.9.